The minimum absolute atomic E-state index is 0.0828. The molecule has 1 N–H and O–H groups in total. The zero-order valence-electron chi connectivity index (χ0n) is 14.9. The lowest BCUT2D eigenvalue weighted by Crippen LogP contribution is -2.31. The Labute approximate surface area is 154 Å². The van der Waals surface area contributed by atoms with E-state index in [1.807, 2.05) is 0 Å². The van der Waals surface area contributed by atoms with Gasteiger partial charge in [-0.05, 0) is 29.8 Å². The second kappa shape index (κ2) is 9.56. The van der Waals surface area contributed by atoms with E-state index in [4.69, 9.17) is 9.15 Å². The summed E-state index contributed by atoms with van der Waals surface area (Å²) >= 11 is 0. The van der Waals surface area contributed by atoms with Crippen molar-refractivity contribution < 1.29 is 32.3 Å². The van der Waals surface area contributed by atoms with Crippen LogP contribution in [-0.2, 0) is 11.3 Å². The minimum Gasteiger partial charge on any atom is -0.493 e. The van der Waals surface area contributed by atoms with Gasteiger partial charge in [0.1, 0.15) is 0 Å². The summed E-state index contributed by atoms with van der Waals surface area (Å²) in [6.45, 7) is -2.65. The SMILES string of the molecule is COc1ccc(CN(C)C(=O)CCNC(=O)c2ccco2)cc1OC(F)F. The lowest BCUT2D eigenvalue weighted by molar-refractivity contribution is -0.130. The number of hydrogen-bond donors (Lipinski definition) is 1. The molecular formula is C18H20F2N2O5. The van der Waals surface area contributed by atoms with Crippen LogP contribution in [0.3, 0.4) is 0 Å². The fraction of sp³-hybridized carbons (Fsp3) is 0.333. The maximum Gasteiger partial charge on any atom is 0.387 e. The molecule has 0 radical (unpaired) electrons. The summed E-state index contributed by atoms with van der Waals surface area (Å²) in [5, 5.41) is 2.58. The number of furan rings is 1. The quantitative estimate of drug-likeness (QED) is 0.721. The number of methoxy groups -OCH3 is 1. The first-order valence-corrected chi connectivity index (χ1v) is 8.08. The number of rotatable bonds is 9. The number of ether oxygens (including phenoxy) is 2. The van der Waals surface area contributed by atoms with Crippen LogP contribution in [0.25, 0.3) is 0 Å². The summed E-state index contributed by atoms with van der Waals surface area (Å²) < 4.78 is 39.3. The van der Waals surface area contributed by atoms with Crippen molar-refractivity contribution >= 4 is 11.8 Å². The van der Waals surface area contributed by atoms with Crippen molar-refractivity contribution in [3.8, 4) is 11.5 Å². The number of alkyl halides is 2. The summed E-state index contributed by atoms with van der Waals surface area (Å²) in [7, 11) is 2.93. The highest BCUT2D eigenvalue weighted by Crippen LogP contribution is 2.29. The molecule has 2 rings (SSSR count). The maximum absolute atomic E-state index is 12.5. The van der Waals surface area contributed by atoms with Crippen molar-refractivity contribution in [1.29, 1.82) is 0 Å². The molecular weight excluding hydrogens is 362 g/mol. The topological polar surface area (TPSA) is 81.0 Å². The van der Waals surface area contributed by atoms with Crippen LogP contribution in [0, 0.1) is 0 Å². The predicted molar refractivity (Wildman–Crippen MR) is 91.8 cm³/mol. The molecule has 7 nitrogen and oxygen atoms in total. The van der Waals surface area contributed by atoms with Crippen LogP contribution in [0.15, 0.2) is 41.0 Å². The molecule has 2 aromatic rings. The molecule has 1 heterocycles. The number of amides is 2. The molecule has 0 aliphatic heterocycles. The summed E-state index contributed by atoms with van der Waals surface area (Å²) in [5.74, 6) is -0.382. The van der Waals surface area contributed by atoms with E-state index in [0.29, 0.717) is 5.56 Å². The first kappa shape index (κ1) is 20.2. The third-order valence-corrected chi connectivity index (χ3v) is 3.66. The smallest absolute Gasteiger partial charge is 0.387 e. The molecule has 0 atom stereocenters. The van der Waals surface area contributed by atoms with Crippen LogP contribution in [0.4, 0.5) is 8.78 Å². The molecule has 0 aliphatic rings. The Morgan fingerprint density at radius 1 is 1.26 bits per heavy atom. The van der Waals surface area contributed by atoms with Crippen molar-refractivity contribution in [2.75, 3.05) is 20.7 Å². The van der Waals surface area contributed by atoms with E-state index in [0.717, 1.165) is 0 Å². The fourth-order valence-corrected chi connectivity index (χ4v) is 2.34. The molecule has 1 aromatic heterocycles. The molecule has 9 heteroatoms. The predicted octanol–water partition coefficient (Wildman–Crippen LogP) is 2.67. The lowest BCUT2D eigenvalue weighted by Gasteiger charge is -2.18. The lowest BCUT2D eigenvalue weighted by atomic mass is 10.2. The minimum atomic E-state index is -2.98. The van der Waals surface area contributed by atoms with Crippen molar-refractivity contribution in [2.24, 2.45) is 0 Å². The zero-order valence-corrected chi connectivity index (χ0v) is 14.9. The van der Waals surface area contributed by atoms with Gasteiger partial charge in [0.15, 0.2) is 17.3 Å². The molecule has 0 saturated carbocycles. The van der Waals surface area contributed by atoms with Gasteiger partial charge in [-0.3, -0.25) is 9.59 Å². The highest BCUT2D eigenvalue weighted by molar-refractivity contribution is 5.91. The molecule has 2 amide bonds. The van der Waals surface area contributed by atoms with Gasteiger partial charge < -0.3 is 24.1 Å². The van der Waals surface area contributed by atoms with Gasteiger partial charge in [0.25, 0.3) is 5.91 Å². The van der Waals surface area contributed by atoms with Gasteiger partial charge in [0.2, 0.25) is 5.91 Å². The van der Waals surface area contributed by atoms with E-state index >= 15 is 0 Å². The summed E-state index contributed by atoms with van der Waals surface area (Å²) in [4.78, 5) is 25.3. The van der Waals surface area contributed by atoms with E-state index < -0.39 is 12.5 Å². The molecule has 1 aromatic carbocycles. The Morgan fingerprint density at radius 2 is 2.04 bits per heavy atom. The van der Waals surface area contributed by atoms with Crippen LogP contribution < -0.4 is 14.8 Å². The maximum atomic E-state index is 12.5. The highest BCUT2D eigenvalue weighted by atomic mass is 19.3. The summed E-state index contributed by atoms with van der Waals surface area (Å²) in [6.07, 6.45) is 1.47. The van der Waals surface area contributed by atoms with Gasteiger partial charge in [-0.15, -0.1) is 0 Å². The van der Waals surface area contributed by atoms with Crippen LogP contribution in [0.1, 0.15) is 22.5 Å². The van der Waals surface area contributed by atoms with Crippen LogP contribution in [0.5, 0.6) is 11.5 Å². The van der Waals surface area contributed by atoms with Crippen LogP contribution in [0.2, 0.25) is 0 Å². The molecule has 0 spiro atoms. The number of carbonyl (C=O) groups is 2. The number of hydrogen-bond acceptors (Lipinski definition) is 5. The number of benzene rings is 1. The Morgan fingerprint density at radius 3 is 2.67 bits per heavy atom. The Kier molecular flexibility index (Phi) is 7.16. The molecule has 0 aliphatic carbocycles. The van der Waals surface area contributed by atoms with E-state index in [1.165, 1.54) is 36.5 Å². The van der Waals surface area contributed by atoms with Gasteiger partial charge in [0, 0.05) is 26.6 Å². The first-order valence-electron chi connectivity index (χ1n) is 8.08. The fourth-order valence-electron chi connectivity index (χ4n) is 2.34. The Bertz CT molecular complexity index is 765. The number of halogens is 2. The first-order chi connectivity index (χ1) is 12.9. The van der Waals surface area contributed by atoms with E-state index in [1.54, 1.807) is 19.2 Å². The number of carbonyl (C=O) groups excluding carboxylic acids is 2. The van der Waals surface area contributed by atoms with Gasteiger partial charge in [-0.2, -0.15) is 8.78 Å². The highest BCUT2D eigenvalue weighted by Gasteiger charge is 2.15. The van der Waals surface area contributed by atoms with Crippen LogP contribution >= 0.6 is 0 Å². The molecule has 27 heavy (non-hydrogen) atoms. The van der Waals surface area contributed by atoms with Gasteiger partial charge in [0.05, 0.1) is 13.4 Å². The Balaban J connectivity index is 1.87. The van der Waals surface area contributed by atoms with E-state index in [2.05, 4.69) is 10.1 Å². The second-order valence-corrected chi connectivity index (χ2v) is 5.60. The number of nitrogens with zero attached hydrogens (tertiary/aromatic N) is 1. The largest absolute Gasteiger partial charge is 0.493 e. The van der Waals surface area contributed by atoms with Crippen LogP contribution in [-0.4, -0.2) is 44.0 Å². The molecule has 0 unspecified atom stereocenters. The average Bonchev–Trinajstić information content (AvgIpc) is 3.16. The van der Waals surface area contributed by atoms with Gasteiger partial charge in [-0.25, -0.2) is 0 Å². The van der Waals surface area contributed by atoms with Crippen molar-refractivity contribution in [3.05, 3.63) is 47.9 Å². The monoisotopic (exact) mass is 382 g/mol. The van der Waals surface area contributed by atoms with Crippen molar-refractivity contribution in [2.45, 2.75) is 19.6 Å². The van der Waals surface area contributed by atoms with Gasteiger partial charge >= 0.3 is 6.61 Å². The third-order valence-electron chi connectivity index (χ3n) is 3.66. The van der Waals surface area contributed by atoms with E-state index in [-0.39, 0.29) is 42.7 Å². The average molecular weight is 382 g/mol. The number of nitrogens with one attached hydrogen (secondary N) is 1. The zero-order chi connectivity index (χ0) is 19.8. The summed E-state index contributed by atoms with van der Waals surface area (Å²) in [6, 6.07) is 7.66. The van der Waals surface area contributed by atoms with Gasteiger partial charge in [-0.1, -0.05) is 6.07 Å². The molecule has 0 bridgehead atoms. The molecule has 146 valence electrons. The standard InChI is InChI=1S/C18H20F2N2O5/c1-22(16(23)7-8-21-17(24)14-4-3-9-26-14)11-12-5-6-13(25-2)15(10-12)27-18(19)20/h3-6,9-10,18H,7-8,11H2,1-2H3,(H,21,24). The summed E-state index contributed by atoms with van der Waals surface area (Å²) in [5.41, 5.74) is 0.599. The van der Waals surface area contributed by atoms with Crippen molar-refractivity contribution in [1.82, 2.24) is 10.2 Å². The molecule has 0 fully saturated rings. The van der Waals surface area contributed by atoms with Crippen molar-refractivity contribution in [3.63, 3.8) is 0 Å². The second-order valence-electron chi connectivity index (χ2n) is 5.60. The Hall–Kier alpha value is -3.10. The van der Waals surface area contributed by atoms with E-state index in [9.17, 15) is 18.4 Å². The normalized spacial score (nSPS) is 10.6. The third kappa shape index (κ3) is 5.98. The molecule has 0 saturated heterocycles.